The molecule has 0 aliphatic carbocycles. The number of imidazole rings is 1. The van der Waals surface area contributed by atoms with Crippen LogP contribution >= 0.6 is 0 Å². The monoisotopic (exact) mass is 258 g/mol. The molecule has 0 radical (unpaired) electrons. The topological polar surface area (TPSA) is 43.6 Å². The smallest absolute Gasteiger partial charge is 0.417 e. The van der Waals surface area contributed by atoms with Gasteiger partial charge >= 0.3 is 12.1 Å². The molecule has 0 fully saturated rings. The van der Waals surface area contributed by atoms with Crippen LogP contribution < -0.4 is 0 Å². The van der Waals surface area contributed by atoms with Crippen molar-refractivity contribution < 1.29 is 22.7 Å². The maximum atomic E-state index is 12.5. The Hall–Kier alpha value is -2.05. The van der Waals surface area contributed by atoms with E-state index in [0.29, 0.717) is 11.3 Å². The molecular weight excluding hydrogens is 249 g/mol. The fraction of sp³-hybridized carbons (Fsp3) is 0.273. The molecule has 18 heavy (non-hydrogen) atoms. The molecule has 0 unspecified atom stereocenters. The number of carbonyl (C=O) groups is 1. The van der Waals surface area contributed by atoms with Crippen molar-refractivity contribution in [3.8, 4) is 0 Å². The lowest BCUT2D eigenvalue weighted by Gasteiger charge is -2.05. The number of pyridine rings is 1. The fourth-order valence-corrected chi connectivity index (χ4v) is 1.52. The number of rotatable bonds is 2. The van der Waals surface area contributed by atoms with Gasteiger partial charge in [-0.2, -0.15) is 13.2 Å². The number of nitrogens with zero attached hydrogens (tertiary/aromatic N) is 2. The minimum atomic E-state index is -4.40. The molecule has 7 heteroatoms. The van der Waals surface area contributed by atoms with E-state index in [-0.39, 0.29) is 6.42 Å². The summed E-state index contributed by atoms with van der Waals surface area (Å²) >= 11 is 0. The Labute approximate surface area is 100 Å². The zero-order valence-corrected chi connectivity index (χ0v) is 9.36. The van der Waals surface area contributed by atoms with Crippen molar-refractivity contribution in [2.24, 2.45) is 0 Å². The highest BCUT2D eigenvalue weighted by Gasteiger charge is 2.30. The van der Waals surface area contributed by atoms with Crippen molar-refractivity contribution in [2.45, 2.75) is 12.6 Å². The lowest BCUT2D eigenvalue weighted by Crippen LogP contribution is -2.05. The molecule has 0 bridgehead atoms. The second-order valence-corrected chi connectivity index (χ2v) is 3.67. The number of fused-ring (bicyclic) bond motifs is 1. The van der Waals surface area contributed by atoms with Gasteiger partial charge in [0.25, 0.3) is 0 Å². The maximum absolute atomic E-state index is 12.5. The Morgan fingerprint density at radius 1 is 1.39 bits per heavy atom. The highest BCUT2D eigenvalue weighted by molar-refractivity contribution is 5.72. The van der Waals surface area contributed by atoms with Crippen molar-refractivity contribution in [1.82, 2.24) is 9.38 Å². The van der Waals surface area contributed by atoms with Crippen LogP contribution in [0.5, 0.6) is 0 Å². The van der Waals surface area contributed by atoms with Crippen LogP contribution in [0.15, 0.2) is 24.5 Å². The summed E-state index contributed by atoms with van der Waals surface area (Å²) in [5.74, 6) is -0.491. The highest BCUT2D eigenvalue weighted by Crippen LogP contribution is 2.29. The number of halogens is 3. The third kappa shape index (κ3) is 2.44. The van der Waals surface area contributed by atoms with E-state index in [9.17, 15) is 18.0 Å². The van der Waals surface area contributed by atoms with Gasteiger partial charge in [0.2, 0.25) is 0 Å². The second kappa shape index (κ2) is 4.32. The van der Waals surface area contributed by atoms with Crippen molar-refractivity contribution in [1.29, 1.82) is 0 Å². The van der Waals surface area contributed by atoms with Gasteiger partial charge in [0.05, 0.1) is 24.8 Å². The summed E-state index contributed by atoms with van der Waals surface area (Å²) < 4.78 is 43.1. The SMILES string of the molecule is COC(=O)Cc1cn2cc(C(F)(F)F)ccc2n1. The van der Waals surface area contributed by atoms with Crippen LogP contribution in [0.3, 0.4) is 0 Å². The zero-order valence-electron chi connectivity index (χ0n) is 9.36. The standard InChI is InChI=1S/C11H9F3N2O2/c1-18-10(17)4-8-6-16-5-7(11(12,13)14)2-3-9(16)15-8/h2-3,5-6H,4H2,1H3. The third-order valence-corrected chi connectivity index (χ3v) is 2.38. The average molecular weight is 258 g/mol. The molecular formula is C11H9F3N2O2. The van der Waals surface area contributed by atoms with Gasteiger partial charge in [0, 0.05) is 12.4 Å². The first-order valence-electron chi connectivity index (χ1n) is 5.02. The molecule has 0 atom stereocenters. The number of methoxy groups -OCH3 is 1. The Morgan fingerprint density at radius 3 is 2.72 bits per heavy atom. The molecule has 4 nitrogen and oxygen atoms in total. The normalized spacial score (nSPS) is 11.8. The lowest BCUT2D eigenvalue weighted by atomic mass is 10.3. The van der Waals surface area contributed by atoms with E-state index >= 15 is 0 Å². The first-order valence-corrected chi connectivity index (χ1v) is 5.02. The summed E-state index contributed by atoms with van der Waals surface area (Å²) in [6.45, 7) is 0. The predicted molar refractivity (Wildman–Crippen MR) is 55.9 cm³/mol. The lowest BCUT2D eigenvalue weighted by molar-refractivity contribution is -0.140. The van der Waals surface area contributed by atoms with Gasteiger partial charge in [0.15, 0.2) is 0 Å². The molecule has 2 aromatic heterocycles. The molecule has 2 heterocycles. The average Bonchev–Trinajstić information content (AvgIpc) is 2.68. The van der Waals surface area contributed by atoms with E-state index in [1.807, 2.05) is 0 Å². The van der Waals surface area contributed by atoms with Gasteiger partial charge in [0.1, 0.15) is 5.65 Å². The molecule has 0 N–H and O–H groups in total. The van der Waals surface area contributed by atoms with E-state index < -0.39 is 17.7 Å². The van der Waals surface area contributed by atoms with E-state index in [1.165, 1.54) is 23.8 Å². The first-order chi connectivity index (χ1) is 8.40. The van der Waals surface area contributed by atoms with Crippen molar-refractivity contribution >= 4 is 11.6 Å². The molecule has 0 aliphatic rings. The predicted octanol–water partition coefficient (Wildman–Crippen LogP) is 2.07. The summed E-state index contributed by atoms with van der Waals surface area (Å²) in [6.07, 6.45) is -2.16. The molecule has 96 valence electrons. The van der Waals surface area contributed by atoms with Crippen LogP contribution in [-0.4, -0.2) is 22.5 Å². The molecule has 2 rings (SSSR count). The van der Waals surface area contributed by atoms with Crippen molar-refractivity contribution in [3.63, 3.8) is 0 Å². The summed E-state index contributed by atoms with van der Waals surface area (Å²) in [7, 11) is 1.24. The van der Waals surface area contributed by atoms with Gasteiger partial charge < -0.3 is 9.14 Å². The van der Waals surface area contributed by atoms with Gasteiger partial charge in [-0.1, -0.05) is 0 Å². The Bertz CT molecular complexity index is 589. The molecule has 0 saturated carbocycles. The molecule has 2 aromatic rings. The number of alkyl halides is 3. The van der Waals surface area contributed by atoms with Gasteiger partial charge in [-0.3, -0.25) is 4.79 Å². The fourth-order valence-electron chi connectivity index (χ4n) is 1.52. The van der Waals surface area contributed by atoms with Gasteiger partial charge in [-0.05, 0) is 12.1 Å². The maximum Gasteiger partial charge on any atom is 0.417 e. The third-order valence-electron chi connectivity index (χ3n) is 2.38. The number of hydrogen-bond donors (Lipinski definition) is 0. The van der Waals surface area contributed by atoms with Crippen LogP contribution in [-0.2, 0) is 22.1 Å². The van der Waals surface area contributed by atoms with E-state index in [2.05, 4.69) is 9.72 Å². The number of carbonyl (C=O) groups excluding carboxylic acids is 1. The van der Waals surface area contributed by atoms with Crippen molar-refractivity contribution in [2.75, 3.05) is 7.11 Å². The van der Waals surface area contributed by atoms with E-state index in [1.54, 1.807) is 0 Å². The number of aromatic nitrogens is 2. The summed E-state index contributed by atoms with van der Waals surface area (Å²) in [5.41, 5.74) is -0.0555. The molecule has 0 spiro atoms. The quantitative estimate of drug-likeness (QED) is 0.774. The Kier molecular flexibility index (Phi) is 2.98. The summed E-state index contributed by atoms with van der Waals surface area (Å²) in [4.78, 5) is 15.1. The van der Waals surface area contributed by atoms with E-state index in [4.69, 9.17) is 0 Å². The van der Waals surface area contributed by atoms with E-state index in [0.717, 1.165) is 12.3 Å². The van der Waals surface area contributed by atoms with Crippen LogP contribution in [0.1, 0.15) is 11.3 Å². The first kappa shape index (κ1) is 12.4. The minimum absolute atomic E-state index is 0.0699. The number of hydrogen-bond acceptors (Lipinski definition) is 3. The number of esters is 1. The number of ether oxygens (including phenoxy) is 1. The van der Waals surface area contributed by atoms with Crippen molar-refractivity contribution in [3.05, 3.63) is 35.8 Å². The largest absolute Gasteiger partial charge is 0.469 e. The van der Waals surface area contributed by atoms with Crippen LogP contribution in [0.4, 0.5) is 13.2 Å². The summed E-state index contributed by atoms with van der Waals surface area (Å²) in [5, 5.41) is 0. The highest BCUT2D eigenvalue weighted by atomic mass is 19.4. The molecule has 0 amide bonds. The van der Waals surface area contributed by atoms with Gasteiger partial charge in [-0.15, -0.1) is 0 Å². The molecule has 0 aliphatic heterocycles. The van der Waals surface area contributed by atoms with Crippen LogP contribution in [0, 0.1) is 0 Å². The summed E-state index contributed by atoms with van der Waals surface area (Å²) in [6, 6.07) is 2.20. The van der Waals surface area contributed by atoms with Crippen LogP contribution in [0.25, 0.3) is 5.65 Å². The minimum Gasteiger partial charge on any atom is -0.469 e. The van der Waals surface area contributed by atoms with Gasteiger partial charge in [-0.25, -0.2) is 4.98 Å². The Morgan fingerprint density at radius 2 is 2.11 bits per heavy atom. The molecule has 0 aromatic carbocycles. The second-order valence-electron chi connectivity index (χ2n) is 3.67. The molecule has 0 saturated heterocycles. The zero-order chi connectivity index (χ0) is 13.3. The Balaban J connectivity index is 2.37. The van der Waals surface area contributed by atoms with Crippen LogP contribution in [0.2, 0.25) is 0 Å².